The molecule has 0 aliphatic carbocycles. The van der Waals surface area contributed by atoms with E-state index in [0.29, 0.717) is 13.1 Å². The summed E-state index contributed by atoms with van der Waals surface area (Å²) in [7, 11) is 0. The number of nitrogens with zero attached hydrogens (tertiary/aromatic N) is 1. The summed E-state index contributed by atoms with van der Waals surface area (Å²) in [5, 5.41) is 0.317. The fourth-order valence-corrected chi connectivity index (χ4v) is 2.84. The Kier molecular flexibility index (Phi) is 4.17. The molecule has 2 rings (SSSR count). The van der Waals surface area contributed by atoms with Crippen molar-refractivity contribution in [3.8, 4) is 0 Å². The lowest BCUT2D eigenvalue weighted by molar-refractivity contribution is 0.0767. The monoisotopic (exact) mass is 293 g/mol. The standard InChI is InChI=1S/C11H10Cl2FNOS/c12-8-5-7(10(14)6-9(8)13)11(16)15-1-3-17-4-2-15/h5-6H,1-4H2. The largest absolute Gasteiger partial charge is 0.337 e. The highest BCUT2D eigenvalue weighted by Crippen LogP contribution is 2.26. The molecule has 0 atom stereocenters. The molecule has 0 spiro atoms. The number of thioether (sulfide) groups is 1. The molecule has 1 amide bonds. The van der Waals surface area contributed by atoms with E-state index in [1.807, 2.05) is 0 Å². The Bertz CT molecular complexity index is 449. The van der Waals surface area contributed by atoms with Gasteiger partial charge in [-0.05, 0) is 12.1 Å². The van der Waals surface area contributed by atoms with Crippen LogP contribution >= 0.6 is 35.0 Å². The van der Waals surface area contributed by atoms with E-state index in [4.69, 9.17) is 23.2 Å². The van der Waals surface area contributed by atoms with Crippen molar-refractivity contribution in [2.24, 2.45) is 0 Å². The molecule has 1 aliphatic rings. The first-order chi connectivity index (χ1) is 8.09. The van der Waals surface area contributed by atoms with Crippen molar-refractivity contribution in [1.82, 2.24) is 4.90 Å². The molecule has 1 aliphatic heterocycles. The Hall–Kier alpha value is -0.450. The van der Waals surface area contributed by atoms with E-state index in [0.717, 1.165) is 17.6 Å². The normalized spacial score (nSPS) is 16.1. The highest BCUT2D eigenvalue weighted by atomic mass is 35.5. The van der Waals surface area contributed by atoms with E-state index in [-0.39, 0.29) is 21.5 Å². The van der Waals surface area contributed by atoms with Crippen LogP contribution in [0.15, 0.2) is 12.1 Å². The van der Waals surface area contributed by atoms with Gasteiger partial charge in [-0.3, -0.25) is 4.79 Å². The van der Waals surface area contributed by atoms with Gasteiger partial charge in [-0.15, -0.1) is 0 Å². The van der Waals surface area contributed by atoms with Crippen molar-refractivity contribution in [3.05, 3.63) is 33.6 Å². The fourth-order valence-electron chi connectivity index (χ4n) is 1.62. The Morgan fingerprint density at radius 3 is 2.47 bits per heavy atom. The van der Waals surface area contributed by atoms with Crippen LogP contribution in [0.4, 0.5) is 4.39 Å². The van der Waals surface area contributed by atoms with Gasteiger partial charge in [0.1, 0.15) is 5.82 Å². The lowest BCUT2D eigenvalue weighted by atomic mass is 10.2. The van der Waals surface area contributed by atoms with Gasteiger partial charge in [0, 0.05) is 24.6 Å². The molecule has 0 unspecified atom stereocenters. The summed E-state index contributed by atoms with van der Waals surface area (Å²) >= 11 is 13.3. The summed E-state index contributed by atoms with van der Waals surface area (Å²) in [4.78, 5) is 13.7. The van der Waals surface area contributed by atoms with Crippen molar-refractivity contribution in [2.45, 2.75) is 0 Å². The lowest BCUT2D eigenvalue weighted by Crippen LogP contribution is -2.38. The number of hydrogen-bond donors (Lipinski definition) is 0. The molecule has 1 heterocycles. The smallest absolute Gasteiger partial charge is 0.256 e. The first kappa shape index (κ1) is 13.0. The molecule has 0 N–H and O–H groups in total. The predicted octanol–water partition coefficient (Wildman–Crippen LogP) is 3.32. The van der Waals surface area contributed by atoms with E-state index < -0.39 is 5.82 Å². The van der Waals surface area contributed by atoms with Crippen molar-refractivity contribution in [3.63, 3.8) is 0 Å². The molecule has 92 valence electrons. The molecular formula is C11H10Cl2FNOS. The average Bonchev–Trinajstić information content (AvgIpc) is 2.34. The zero-order chi connectivity index (χ0) is 12.4. The lowest BCUT2D eigenvalue weighted by Gasteiger charge is -2.26. The van der Waals surface area contributed by atoms with Crippen LogP contribution < -0.4 is 0 Å². The summed E-state index contributed by atoms with van der Waals surface area (Å²) in [6, 6.07) is 2.37. The first-order valence-electron chi connectivity index (χ1n) is 5.11. The Morgan fingerprint density at radius 2 is 1.82 bits per heavy atom. The summed E-state index contributed by atoms with van der Waals surface area (Å²) in [6.07, 6.45) is 0. The third kappa shape index (κ3) is 2.87. The number of amides is 1. The molecule has 0 aromatic heterocycles. The molecule has 0 radical (unpaired) electrons. The highest BCUT2D eigenvalue weighted by Gasteiger charge is 2.22. The minimum atomic E-state index is -0.623. The van der Waals surface area contributed by atoms with Crippen LogP contribution in [0, 0.1) is 5.82 Å². The maximum absolute atomic E-state index is 13.6. The molecule has 17 heavy (non-hydrogen) atoms. The average molecular weight is 294 g/mol. The minimum absolute atomic E-state index is 0.00806. The summed E-state index contributed by atoms with van der Waals surface area (Å²) in [5.74, 6) is 0.826. The number of halogens is 3. The molecule has 1 aromatic rings. The molecule has 1 aromatic carbocycles. The van der Waals surface area contributed by atoms with Crippen molar-refractivity contribution >= 4 is 40.9 Å². The van der Waals surface area contributed by atoms with Gasteiger partial charge in [-0.2, -0.15) is 11.8 Å². The molecule has 0 bridgehead atoms. The zero-order valence-corrected chi connectivity index (χ0v) is 11.2. The molecule has 1 fully saturated rings. The van der Waals surface area contributed by atoms with E-state index in [1.54, 1.807) is 16.7 Å². The third-order valence-corrected chi connectivity index (χ3v) is 4.20. The fraction of sp³-hybridized carbons (Fsp3) is 0.364. The van der Waals surface area contributed by atoms with Gasteiger partial charge in [-0.1, -0.05) is 23.2 Å². The van der Waals surface area contributed by atoms with Crippen LogP contribution in [0.3, 0.4) is 0 Å². The van der Waals surface area contributed by atoms with Gasteiger partial charge >= 0.3 is 0 Å². The molecule has 1 saturated heterocycles. The summed E-state index contributed by atoms with van der Waals surface area (Å²) in [6.45, 7) is 1.28. The summed E-state index contributed by atoms with van der Waals surface area (Å²) in [5.41, 5.74) is -0.00806. The van der Waals surface area contributed by atoms with Gasteiger partial charge in [-0.25, -0.2) is 4.39 Å². The van der Waals surface area contributed by atoms with E-state index in [2.05, 4.69) is 0 Å². The van der Waals surface area contributed by atoms with E-state index in [9.17, 15) is 9.18 Å². The van der Waals surface area contributed by atoms with Crippen LogP contribution in [-0.4, -0.2) is 35.4 Å². The molecule has 6 heteroatoms. The Morgan fingerprint density at radius 1 is 1.24 bits per heavy atom. The number of carbonyl (C=O) groups is 1. The molecule has 0 saturated carbocycles. The maximum Gasteiger partial charge on any atom is 0.256 e. The zero-order valence-electron chi connectivity index (χ0n) is 8.88. The predicted molar refractivity (Wildman–Crippen MR) is 69.6 cm³/mol. The SMILES string of the molecule is O=C(c1cc(Cl)c(Cl)cc1F)N1CCSCC1. The number of carbonyl (C=O) groups excluding carboxylic acids is 1. The van der Waals surface area contributed by atoms with Gasteiger partial charge in [0.2, 0.25) is 0 Å². The van der Waals surface area contributed by atoms with Gasteiger partial charge in [0.15, 0.2) is 0 Å². The summed E-state index contributed by atoms with van der Waals surface area (Å²) < 4.78 is 13.6. The molecular weight excluding hydrogens is 284 g/mol. The van der Waals surface area contributed by atoms with Crippen LogP contribution in [0.5, 0.6) is 0 Å². The second-order valence-corrected chi connectivity index (χ2v) is 5.69. The Labute approximate surface area is 113 Å². The van der Waals surface area contributed by atoms with Crippen LogP contribution in [-0.2, 0) is 0 Å². The minimum Gasteiger partial charge on any atom is -0.337 e. The van der Waals surface area contributed by atoms with Crippen LogP contribution in [0.25, 0.3) is 0 Å². The maximum atomic E-state index is 13.6. The Balaban J connectivity index is 2.26. The second kappa shape index (κ2) is 5.46. The number of hydrogen-bond acceptors (Lipinski definition) is 2. The quantitative estimate of drug-likeness (QED) is 0.741. The van der Waals surface area contributed by atoms with Crippen molar-refractivity contribution in [1.29, 1.82) is 0 Å². The molecule has 2 nitrogen and oxygen atoms in total. The second-order valence-electron chi connectivity index (χ2n) is 3.65. The number of rotatable bonds is 1. The van der Waals surface area contributed by atoms with E-state index in [1.165, 1.54) is 6.07 Å². The van der Waals surface area contributed by atoms with Crippen molar-refractivity contribution < 1.29 is 9.18 Å². The van der Waals surface area contributed by atoms with Gasteiger partial charge in [0.05, 0.1) is 15.6 Å². The third-order valence-electron chi connectivity index (χ3n) is 2.54. The van der Waals surface area contributed by atoms with Gasteiger partial charge < -0.3 is 4.90 Å². The van der Waals surface area contributed by atoms with E-state index >= 15 is 0 Å². The van der Waals surface area contributed by atoms with Crippen LogP contribution in [0.1, 0.15) is 10.4 Å². The number of benzene rings is 1. The van der Waals surface area contributed by atoms with Crippen LogP contribution in [0.2, 0.25) is 10.0 Å². The topological polar surface area (TPSA) is 20.3 Å². The first-order valence-corrected chi connectivity index (χ1v) is 7.02. The van der Waals surface area contributed by atoms with Gasteiger partial charge in [0.25, 0.3) is 5.91 Å². The highest BCUT2D eigenvalue weighted by molar-refractivity contribution is 7.99. The van der Waals surface area contributed by atoms with Crippen molar-refractivity contribution in [2.75, 3.05) is 24.6 Å².